The molecule has 3 nitrogen and oxygen atoms in total. The lowest BCUT2D eigenvalue weighted by atomic mass is 10.1. The van der Waals surface area contributed by atoms with Crippen molar-refractivity contribution in [3.63, 3.8) is 0 Å². The van der Waals surface area contributed by atoms with Crippen molar-refractivity contribution in [2.45, 2.75) is 13.5 Å². The van der Waals surface area contributed by atoms with Gasteiger partial charge in [-0.05, 0) is 52.2 Å². The second kappa shape index (κ2) is 5.89. The molecule has 3 N–H and O–H groups in total. The Morgan fingerprint density at radius 1 is 1.26 bits per heavy atom. The van der Waals surface area contributed by atoms with Gasteiger partial charge in [-0.3, -0.25) is 5.41 Å². The van der Waals surface area contributed by atoms with Crippen molar-refractivity contribution >= 4 is 21.8 Å². The zero-order valence-electron chi connectivity index (χ0n) is 10.6. The van der Waals surface area contributed by atoms with Gasteiger partial charge in [0.2, 0.25) is 0 Å². The van der Waals surface area contributed by atoms with Gasteiger partial charge in [-0.15, -0.1) is 0 Å². The molecule has 0 saturated heterocycles. The minimum atomic E-state index is 0.0846. The van der Waals surface area contributed by atoms with E-state index in [9.17, 15) is 0 Å². The zero-order valence-corrected chi connectivity index (χ0v) is 12.2. The van der Waals surface area contributed by atoms with Gasteiger partial charge in [-0.2, -0.15) is 0 Å². The van der Waals surface area contributed by atoms with E-state index in [2.05, 4.69) is 15.9 Å². The normalized spacial score (nSPS) is 10.2. The number of ether oxygens (including phenoxy) is 1. The van der Waals surface area contributed by atoms with Gasteiger partial charge in [-0.25, -0.2) is 0 Å². The summed E-state index contributed by atoms with van der Waals surface area (Å²) in [4.78, 5) is 0. The van der Waals surface area contributed by atoms with E-state index in [1.165, 1.54) is 0 Å². The van der Waals surface area contributed by atoms with Crippen LogP contribution in [0, 0.1) is 12.3 Å². The lowest BCUT2D eigenvalue weighted by Crippen LogP contribution is -2.11. The van der Waals surface area contributed by atoms with Crippen molar-refractivity contribution in [3.05, 3.63) is 63.6 Å². The minimum Gasteiger partial charge on any atom is -0.488 e. The number of nitrogens with two attached hydrogens (primary N) is 1. The predicted octanol–water partition coefficient (Wildman–Crippen LogP) is 3.62. The number of benzene rings is 2. The van der Waals surface area contributed by atoms with Crippen LogP contribution in [0.1, 0.15) is 16.7 Å². The second-order valence-electron chi connectivity index (χ2n) is 4.27. The topological polar surface area (TPSA) is 59.1 Å². The van der Waals surface area contributed by atoms with Gasteiger partial charge in [0.15, 0.2) is 0 Å². The Hall–Kier alpha value is -1.81. The Morgan fingerprint density at radius 2 is 2.00 bits per heavy atom. The molecule has 0 spiro atoms. The molecule has 2 rings (SSSR count). The van der Waals surface area contributed by atoms with Crippen LogP contribution in [0.4, 0.5) is 0 Å². The van der Waals surface area contributed by atoms with Crippen molar-refractivity contribution < 1.29 is 4.74 Å². The molecule has 0 aliphatic carbocycles. The number of aryl methyl sites for hydroxylation is 1. The SMILES string of the molecule is Cc1cc(C(=N)N)ccc1COc1ccccc1Br. The van der Waals surface area contributed by atoms with Gasteiger partial charge in [0.25, 0.3) is 0 Å². The summed E-state index contributed by atoms with van der Waals surface area (Å²) in [6.45, 7) is 2.48. The number of para-hydroxylation sites is 1. The van der Waals surface area contributed by atoms with E-state index in [4.69, 9.17) is 15.9 Å². The molecule has 0 radical (unpaired) electrons. The molecule has 0 saturated carbocycles. The summed E-state index contributed by atoms with van der Waals surface area (Å²) < 4.78 is 6.71. The lowest BCUT2D eigenvalue weighted by molar-refractivity contribution is 0.303. The molecule has 19 heavy (non-hydrogen) atoms. The third-order valence-electron chi connectivity index (χ3n) is 2.87. The maximum Gasteiger partial charge on any atom is 0.133 e. The molecule has 0 aliphatic rings. The van der Waals surface area contributed by atoms with E-state index in [1.807, 2.05) is 49.4 Å². The van der Waals surface area contributed by atoms with Gasteiger partial charge >= 0.3 is 0 Å². The highest BCUT2D eigenvalue weighted by Crippen LogP contribution is 2.25. The summed E-state index contributed by atoms with van der Waals surface area (Å²) in [6, 6.07) is 13.4. The van der Waals surface area contributed by atoms with E-state index in [0.717, 1.165) is 26.9 Å². The van der Waals surface area contributed by atoms with Crippen LogP contribution in [0.25, 0.3) is 0 Å². The standard InChI is InChI=1S/C15H15BrN2O/c1-10-8-11(15(17)18)6-7-12(10)9-19-14-5-3-2-4-13(14)16/h2-8H,9H2,1H3,(H3,17,18). The van der Waals surface area contributed by atoms with Crippen molar-refractivity contribution in [2.75, 3.05) is 0 Å². The Labute approximate surface area is 121 Å². The fourth-order valence-electron chi connectivity index (χ4n) is 1.74. The van der Waals surface area contributed by atoms with E-state index in [1.54, 1.807) is 0 Å². The highest BCUT2D eigenvalue weighted by molar-refractivity contribution is 9.10. The van der Waals surface area contributed by atoms with E-state index < -0.39 is 0 Å². The first-order chi connectivity index (χ1) is 9.08. The van der Waals surface area contributed by atoms with Crippen molar-refractivity contribution in [1.29, 1.82) is 5.41 Å². The molecule has 2 aromatic rings. The minimum absolute atomic E-state index is 0.0846. The van der Waals surface area contributed by atoms with Crippen molar-refractivity contribution in [2.24, 2.45) is 5.73 Å². The molecule has 4 heteroatoms. The van der Waals surface area contributed by atoms with Crippen LogP contribution in [0.15, 0.2) is 46.9 Å². The van der Waals surface area contributed by atoms with E-state index in [-0.39, 0.29) is 5.84 Å². The molecular formula is C15H15BrN2O. The highest BCUT2D eigenvalue weighted by Gasteiger charge is 2.04. The molecule has 0 heterocycles. The van der Waals surface area contributed by atoms with Gasteiger partial charge in [0.1, 0.15) is 18.2 Å². The van der Waals surface area contributed by atoms with Crippen LogP contribution in [-0.4, -0.2) is 5.84 Å². The summed E-state index contributed by atoms with van der Waals surface area (Å²) in [5, 5.41) is 7.41. The fraction of sp³-hybridized carbons (Fsp3) is 0.133. The number of amidine groups is 1. The van der Waals surface area contributed by atoms with Crippen LogP contribution in [-0.2, 0) is 6.61 Å². The molecule has 0 atom stereocenters. The van der Waals surface area contributed by atoms with Gasteiger partial charge in [0, 0.05) is 5.56 Å². The number of halogens is 1. The Kier molecular flexibility index (Phi) is 4.22. The summed E-state index contributed by atoms with van der Waals surface area (Å²) in [7, 11) is 0. The smallest absolute Gasteiger partial charge is 0.133 e. The molecule has 2 aromatic carbocycles. The monoisotopic (exact) mass is 318 g/mol. The molecule has 0 unspecified atom stereocenters. The maximum absolute atomic E-state index is 7.41. The number of nitrogen functional groups attached to an aromatic ring is 1. The first kappa shape index (κ1) is 13.6. The van der Waals surface area contributed by atoms with Gasteiger partial charge in [0.05, 0.1) is 4.47 Å². The quantitative estimate of drug-likeness (QED) is 0.668. The first-order valence-electron chi connectivity index (χ1n) is 5.89. The summed E-state index contributed by atoms with van der Waals surface area (Å²) in [6.07, 6.45) is 0. The largest absolute Gasteiger partial charge is 0.488 e. The fourth-order valence-corrected chi connectivity index (χ4v) is 2.14. The molecular weight excluding hydrogens is 304 g/mol. The summed E-state index contributed by atoms with van der Waals surface area (Å²) in [5.41, 5.74) is 8.35. The first-order valence-corrected chi connectivity index (χ1v) is 6.68. The summed E-state index contributed by atoms with van der Waals surface area (Å²) in [5.74, 6) is 0.902. The van der Waals surface area contributed by atoms with Gasteiger partial charge < -0.3 is 10.5 Å². The number of hydrogen-bond donors (Lipinski definition) is 2. The molecule has 0 amide bonds. The average molecular weight is 319 g/mol. The Balaban J connectivity index is 2.12. The Bertz CT molecular complexity index is 611. The van der Waals surface area contributed by atoms with E-state index in [0.29, 0.717) is 6.61 Å². The van der Waals surface area contributed by atoms with Crippen molar-refractivity contribution in [1.82, 2.24) is 0 Å². The zero-order chi connectivity index (χ0) is 13.8. The molecule has 98 valence electrons. The van der Waals surface area contributed by atoms with Gasteiger partial charge in [-0.1, -0.05) is 24.3 Å². The maximum atomic E-state index is 7.41. The van der Waals surface area contributed by atoms with Crippen LogP contribution < -0.4 is 10.5 Å². The summed E-state index contributed by atoms with van der Waals surface area (Å²) >= 11 is 3.45. The number of rotatable bonds is 4. The lowest BCUT2D eigenvalue weighted by Gasteiger charge is -2.11. The number of nitrogens with one attached hydrogen (secondary N) is 1. The average Bonchev–Trinajstić information content (AvgIpc) is 2.39. The van der Waals surface area contributed by atoms with Crippen LogP contribution in [0.5, 0.6) is 5.75 Å². The second-order valence-corrected chi connectivity index (χ2v) is 5.13. The predicted molar refractivity (Wildman–Crippen MR) is 80.7 cm³/mol. The molecule has 0 fully saturated rings. The Morgan fingerprint density at radius 3 is 2.63 bits per heavy atom. The number of hydrogen-bond acceptors (Lipinski definition) is 2. The third-order valence-corrected chi connectivity index (χ3v) is 3.53. The van der Waals surface area contributed by atoms with Crippen LogP contribution >= 0.6 is 15.9 Å². The molecule has 0 bridgehead atoms. The van der Waals surface area contributed by atoms with Crippen molar-refractivity contribution in [3.8, 4) is 5.75 Å². The molecule has 0 aliphatic heterocycles. The van der Waals surface area contributed by atoms with E-state index >= 15 is 0 Å². The van der Waals surface area contributed by atoms with Crippen LogP contribution in [0.2, 0.25) is 0 Å². The molecule has 0 aromatic heterocycles. The highest BCUT2D eigenvalue weighted by atomic mass is 79.9. The van der Waals surface area contributed by atoms with Crippen LogP contribution in [0.3, 0.4) is 0 Å². The third kappa shape index (κ3) is 3.35.